The quantitative estimate of drug-likeness (QED) is 0.885. The van der Waals surface area contributed by atoms with Crippen molar-refractivity contribution >= 4 is 11.8 Å². The molecule has 1 heterocycles. The van der Waals surface area contributed by atoms with Gasteiger partial charge in [-0.1, -0.05) is 12.1 Å². The van der Waals surface area contributed by atoms with Gasteiger partial charge in [0.15, 0.2) is 0 Å². The first-order valence-corrected chi connectivity index (χ1v) is 6.32. The Bertz CT molecular complexity index is 490. The molecule has 1 unspecified atom stereocenters. The summed E-state index contributed by atoms with van der Waals surface area (Å²) < 4.78 is 13.0. The van der Waals surface area contributed by atoms with Gasteiger partial charge < -0.3 is 10.2 Å². The molecule has 0 aromatic heterocycles. The molecular formula is C14H17FN2O2. The summed E-state index contributed by atoms with van der Waals surface area (Å²) in [6.07, 6.45) is 1.17. The number of halogens is 1. The van der Waals surface area contributed by atoms with Crippen molar-refractivity contribution in [3.8, 4) is 0 Å². The molecule has 0 saturated carbocycles. The van der Waals surface area contributed by atoms with Crippen molar-refractivity contribution in [2.45, 2.75) is 25.3 Å². The number of carbonyl (C=O) groups excluding carboxylic acids is 2. The van der Waals surface area contributed by atoms with Gasteiger partial charge in [0.05, 0.1) is 6.04 Å². The van der Waals surface area contributed by atoms with E-state index in [-0.39, 0.29) is 23.7 Å². The molecule has 1 atom stereocenters. The highest BCUT2D eigenvalue weighted by Crippen LogP contribution is 2.10. The number of nitrogens with one attached hydrogen (secondary N) is 1. The van der Waals surface area contributed by atoms with E-state index in [1.807, 2.05) is 0 Å². The maximum absolute atomic E-state index is 13.0. The van der Waals surface area contributed by atoms with Crippen LogP contribution in [0.4, 0.5) is 4.39 Å². The zero-order valence-electron chi connectivity index (χ0n) is 10.9. The molecule has 0 radical (unpaired) electrons. The van der Waals surface area contributed by atoms with Crippen LogP contribution in [0.25, 0.3) is 0 Å². The zero-order valence-corrected chi connectivity index (χ0v) is 10.9. The summed E-state index contributed by atoms with van der Waals surface area (Å²) in [5, 5.41) is 2.83. The van der Waals surface area contributed by atoms with Gasteiger partial charge in [-0.15, -0.1) is 0 Å². The normalized spacial score (nSPS) is 18.7. The number of rotatable bonds is 4. The molecule has 0 aliphatic carbocycles. The number of likely N-dealkylation sites (tertiary alicyclic amines) is 1. The van der Waals surface area contributed by atoms with Crippen molar-refractivity contribution in [1.82, 2.24) is 10.2 Å². The topological polar surface area (TPSA) is 49.4 Å². The third-order valence-electron chi connectivity index (χ3n) is 3.24. The zero-order chi connectivity index (χ0) is 13.8. The molecule has 0 spiro atoms. The Labute approximate surface area is 111 Å². The predicted octanol–water partition coefficient (Wildman–Crippen LogP) is 1.11. The first-order chi connectivity index (χ1) is 9.04. The molecule has 1 aromatic carbocycles. The first kappa shape index (κ1) is 13.5. The van der Waals surface area contributed by atoms with E-state index in [2.05, 4.69) is 5.32 Å². The van der Waals surface area contributed by atoms with E-state index in [0.29, 0.717) is 25.8 Å². The smallest absolute Gasteiger partial charge is 0.224 e. The van der Waals surface area contributed by atoms with Crippen LogP contribution in [0.2, 0.25) is 0 Å². The summed E-state index contributed by atoms with van der Waals surface area (Å²) in [6.45, 7) is 0.560. The first-order valence-electron chi connectivity index (χ1n) is 6.32. The third kappa shape index (κ3) is 3.77. The molecule has 1 N–H and O–H groups in total. The highest BCUT2D eigenvalue weighted by Gasteiger charge is 2.27. The number of amides is 2. The summed E-state index contributed by atoms with van der Waals surface area (Å²) in [7, 11) is 1.72. The second kappa shape index (κ2) is 5.82. The van der Waals surface area contributed by atoms with Crippen LogP contribution in [0.5, 0.6) is 0 Å². The Morgan fingerprint density at radius 2 is 2.32 bits per heavy atom. The van der Waals surface area contributed by atoms with Gasteiger partial charge in [-0.2, -0.15) is 0 Å². The molecule has 2 rings (SSSR count). The fourth-order valence-corrected chi connectivity index (χ4v) is 2.21. The lowest BCUT2D eigenvalue weighted by Gasteiger charge is -2.12. The van der Waals surface area contributed by atoms with Gasteiger partial charge in [0.2, 0.25) is 11.8 Å². The van der Waals surface area contributed by atoms with Gasteiger partial charge in [0.1, 0.15) is 5.82 Å². The summed E-state index contributed by atoms with van der Waals surface area (Å²) in [4.78, 5) is 24.7. The van der Waals surface area contributed by atoms with Crippen LogP contribution in [0, 0.1) is 5.82 Å². The Kier molecular flexibility index (Phi) is 4.14. The Balaban J connectivity index is 1.78. The molecule has 0 bridgehead atoms. The minimum atomic E-state index is -0.291. The number of nitrogens with zero attached hydrogens (tertiary/aromatic N) is 1. The fourth-order valence-electron chi connectivity index (χ4n) is 2.21. The summed E-state index contributed by atoms with van der Waals surface area (Å²) in [5.41, 5.74) is 0.801. The Morgan fingerprint density at radius 3 is 2.95 bits per heavy atom. The highest BCUT2D eigenvalue weighted by molar-refractivity contribution is 5.82. The van der Waals surface area contributed by atoms with E-state index in [1.54, 1.807) is 24.1 Å². The van der Waals surface area contributed by atoms with E-state index in [0.717, 1.165) is 5.56 Å². The van der Waals surface area contributed by atoms with Crippen LogP contribution in [-0.2, 0) is 16.0 Å². The van der Waals surface area contributed by atoms with Crippen LogP contribution >= 0.6 is 0 Å². The standard InChI is InChI=1S/C14H17FN2O2/c1-17-9-12(8-14(17)19)16-13(18)6-5-10-3-2-4-11(15)7-10/h2-4,7,12H,5-6,8-9H2,1H3,(H,16,18). The van der Waals surface area contributed by atoms with Gasteiger partial charge in [0.25, 0.3) is 0 Å². The number of aryl methyl sites for hydroxylation is 1. The molecule has 1 saturated heterocycles. The molecule has 102 valence electrons. The van der Waals surface area contributed by atoms with E-state index in [1.165, 1.54) is 12.1 Å². The second-order valence-electron chi connectivity index (χ2n) is 4.87. The minimum Gasteiger partial charge on any atom is -0.351 e. The molecule has 5 heteroatoms. The summed E-state index contributed by atoms with van der Waals surface area (Å²) in [5.74, 6) is -0.339. The Hall–Kier alpha value is -1.91. The fraction of sp³-hybridized carbons (Fsp3) is 0.429. The van der Waals surface area contributed by atoms with E-state index in [9.17, 15) is 14.0 Å². The van der Waals surface area contributed by atoms with Crippen LogP contribution < -0.4 is 5.32 Å². The largest absolute Gasteiger partial charge is 0.351 e. The SMILES string of the molecule is CN1CC(NC(=O)CCc2cccc(F)c2)CC1=O. The Morgan fingerprint density at radius 1 is 1.53 bits per heavy atom. The van der Waals surface area contributed by atoms with Crippen molar-refractivity contribution in [3.05, 3.63) is 35.6 Å². The number of carbonyl (C=O) groups is 2. The molecular weight excluding hydrogens is 247 g/mol. The average Bonchev–Trinajstić information content (AvgIpc) is 2.66. The summed E-state index contributed by atoms with van der Waals surface area (Å²) >= 11 is 0. The maximum atomic E-state index is 13.0. The van der Waals surface area contributed by atoms with Crippen LogP contribution in [0.1, 0.15) is 18.4 Å². The second-order valence-corrected chi connectivity index (χ2v) is 4.87. The molecule has 1 aliphatic heterocycles. The average molecular weight is 264 g/mol. The molecule has 1 aromatic rings. The van der Waals surface area contributed by atoms with Gasteiger partial charge in [-0.25, -0.2) is 4.39 Å². The van der Waals surface area contributed by atoms with Gasteiger partial charge in [0, 0.05) is 26.4 Å². The van der Waals surface area contributed by atoms with Crippen molar-refractivity contribution < 1.29 is 14.0 Å². The molecule has 4 nitrogen and oxygen atoms in total. The van der Waals surface area contributed by atoms with E-state index >= 15 is 0 Å². The lowest BCUT2D eigenvalue weighted by Crippen LogP contribution is -2.36. The molecule has 1 fully saturated rings. The van der Waals surface area contributed by atoms with E-state index in [4.69, 9.17) is 0 Å². The molecule has 1 aliphatic rings. The third-order valence-corrected chi connectivity index (χ3v) is 3.24. The van der Waals surface area contributed by atoms with Crippen molar-refractivity contribution in [3.63, 3.8) is 0 Å². The van der Waals surface area contributed by atoms with Crippen LogP contribution in [0.3, 0.4) is 0 Å². The van der Waals surface area contributed by atoms with Crippen LogP contribution in [0.15, 0.2) is 24.3 Å². The summed E-state index contributed by atoms with van der Waals surface area (Å²) in [6, 6.07) is 6.14. The minimum absolute atomic E-state index is 0.0513. The van der Waals surface area contributed by atoms with Gasteiger partial charge >= 0.3 is 0 Å². The lowest BCUT2D eigenvalue weighted by molar-refractivity contribution is -0.126. The lowest BCUT2D eigenvalue weighted by atomic mass is 10.1. The van der Waals surface area contributed by atoms with Gasteiger partial charge in [-0.05, 0) is 24.1 Å². The van der Waals surface area contributed by atoms with Crippen molar-refractivity contribution in [1.29, 1.82) is 0 Å². The van der Waals surface area contributed by atoms with Crippen LogP contribution in [-0.4, -0.2) is 36.3 Å². The predicted molar refractivity (Wildman–Crippen MR) is 68.9 cm³/mol. The van der Waals surface area contributed by atoms with Crippen molar-refractivity contribution in [2.24, 2.45) is 0 Å². The number of likely N-dealkylation sites (N-methyl/N-ethyl adjacent to an activating group) is 1. The maximum Gasteiger partial charge on any atom is 0.224 e. The highest BCUT2D eigenvalue weighted by atomic mass is 19.1. The number of hydrogen-bond acceptors (Lipinski definition) is 2. The van der Waals surface area contributed by atoms with E-state index < -0.39 is 0 Å². The molecule has 19 heavy (non-hydrogen) atoms. The number of benzene rings is 1. The monoisotopic (exact) mass is 264 g/mol. The molecule has 2 amide bonds. The van der Waals surface area contributed by atoms with Gasteiger partial charge in [-0.3, -0.25) is 9.59 Å². The van der Waals surface area contributed by atoms with Crippen molar-refractivity contribution in [2.75, 3.05) is 13.6 Å². The number of hydrogen-bond donors (Lipinski definition) is 1.